The molecule has 0 aliphatic rings. The summed E-state index contributed by atoms with van der Waals surface area (Å²) in [7, 11) is 0. The zero-order valence-corrected chi connectivity index (χ0v) is 17.2. The van der Waals surface area contributed by atoms with E-state index in [0.717, 1.165) is 17.0 Å². The molecule has 0 fully saturated rings. The molecule has 0 atom stereocenters. The standard InChI is InChI=1S/C20H20ClN3O3S/c1-3-26-19(25)13-28-20-23-22-18(12-27-17-10-5-4-7-14(17)2)24(20)16-9-6-8-15(21)11-16/h4-11H,3,12-13H2,1-2H3. The van der Waals surface area contributed by atoms with Gasteiger partial charge in [0.2, 0.25) is 0 Å². The third kappa shape index (κ3) is 5.05. The molecule has 0 radical (unpaired) electrons. The zero-order chi connectivity index (χ0) is 19.9. The molecule has 0 aliphatic heterocycles. The van der Waals surface area contributed by atoms with Gasteiger partial charge in [-0.3, -0.25) is 9.36 Å². The van der Waals surface area contributed by atoms with Gasteiger partial charge in [-0.2, -0.15) is 0 Å². The summed E-state index contributed by atoms with van der Waals surface area (Å²) in [6, 6.07) is 15.1. The molecule has 0 bridgehead atoms. The van der Waals surface area contributed by atoms with Gasteiger partial charge >= 0.3 is 5.97 Å². The van der Waals surface area contributed by atoms with Gasteiger partial charge in [-0.15, -0.1) is 10.2 Å². The predicted octanol–water partition coefficient (Wildman–Crippen LogP) is 4.46. The van der Waals surface area contributed by atoms with Crippen molar-refractivity contribution in [3.05, 3.63) is 64.9 Å². The molecule has 8 heteroatoms. The second kappa shape index (κ2) is 9.61. The number of thioether (sulfide) groups is 1. The van der Waals surface area contributed by atoms with Gasteiger partial charge in [-0.05, 0) is 43.7 Å². The molecule has 0 saturated heterocycles. The van der Waals surface area contributed by atoms with E-state index in [2.05, 4.69) is 10.2 Å². The van der Waals surface area contributed by atoms with Crippen molar-refractivity contribution in [1.29, 1.82) is 0 Å². The number of aryl methyl sites for hydroxylation is 1. The highest BCUT2D eigenvalue weighted by molar-refractivity contribution is 7.99. The molecule has 146 valence electrons. The fourth-order valence-corrected chi connectivity index (χ4v) is 3.50. The fraction of sp³-hybridized carbons (Fsp3) is 0.250. The van der Waals surface area contributed by atoms with Crippen LogP contribution >= 0.6 is 23.4 Å². The smallest absolute Gasteiger partial charge is 0.316 e. The number of esters is 1. The van der Waals surface area contributed by atoms with Crippen molar-refractivity contribution in [3.63, 3.8) is 0 Å². The van der Waals surface area contributed by atoms with Crippen LogP contribution in [0.25, 0.3) is 5.69 Å². The van der Waals surface area contributed by atoms with Crippen molar-refractivity contribution >= 4 is 29.3 Å². The monoisotopic (exact) mass is 417 g/mol. The van der Waals surface area contributed by atoms with Gasteiger partial charge in [0.05, 0.1) is 18.0 Å². The summed E-state index contributed by atoms with van der Waals surface area (Å²) in [5, 5.41) is 9.66. The van der Waals surface area contributed by atoms with Crippen LogP contribution in [0.2, 0.25) is 5.02 Å². The molecule has 0 aliphatic carbocycles. The maximum Gasteiger partial charge on any atom is 0.316 e. The minimum atomic E-state index is -0.300. The fourth-order valence-electron chi connectivity index (χ4n) is 2.55. The molecule has 0 unspecified atom stereocenters. The highest BCUT2D eigenvalue weighted by atomic mass is 35.5. The molecule has 3 rings (SSSR count). The second-order valence-corrected chi connectivity index (χ2v) is 7.24. The average molecular weight is 418 g/mol. The Kier molecular flexibility index (Phi) is 6.95. The summed E-state index contributed by atoms with van der Waals surface area (Å²) < 4.78 is 12.8. The van der Waals surface area contributed by atoms with Gasteiger partial charge in [0.15, 0.2) is 11.0 Å². The number of halogens is 1. The van der Waals surface area contributed by atoms with Crippen LogP contribution in [0.5, 0.6) is 5.75 Å². The number of hydrogen-bond donors (Lipinski definition) is 0. The van der Waals surface area contributed by atoms with E-state index in [1.54, 1.807) is 13.0 Å². The Labute approximate surface area is 172 Å². The minimum Gasteiger partial charge on any atom is -0.485 e. The van der Waals surface area contributed by atoms with Crippen LogP contribution in [-0.2, 0) is 16.1 Å². The lowest BCUT2D eigenvalue weighted by molar-refractivity contribution is -0.139. The molecule has 3 aromatic rings. The molecule has 0 saturated carbocycles. The van der Waals surface area contributed by atoms with Crippen LogP contribution < -0.4 is 4.74 Å². The topological polar surface area (TPSA) is 66.2 Å². The average Bonchev–Trinajstić information content (AvgIpc) is 3.09. The Morgan fingerprint density at radius 3 is 2.75 bits per heavy atom. The molecule has 0 spiro atoms. The number of nitrogens with zero attached hydrogens (tertiary/aromatic N) is 3. The van der Waals surface area contributed by atoms with Gasteiger partial charge in [0.1, 0.15) is 12.4 Å². The van der Waals surface area contributed by atoms with E-state index >= 15 is 0 Å². The van der Waals surface area contributed by atoms with E-state index in [9.17, 15) is 4.79 Å². The van der Waals surface area contributed by atoms with Crippen LogP contribution in [0.4, 0.5) is 0 Å². The number of carbonyl (C=O) groups excluding carboxylic acids is 1. The largest absolute Gasteiger partial charge is 0.485 e. The molecular formula is C20H20ClN3O3S. The molecule has 28 heavy (non-hydrogen) atoms. The van der Waals surface area contributed by atoms with Gasteiger partial charge in [0.25, 0.3) is 0 Å². The summed E-state index contributed by atoms with van der Waals surface area (Å²) >= 11 is 7.42. The first-order valence-corrected chi connectivity index (χ1v) is 10.1. The highest BCUT2D eigenvalue weighted by Crippen LogP contribution is 2.25. The van der Waals surface area contributed by atoms with Gasteiger partial charge in [-0.1, -0.05) is 47.6 Å². The van der Waals surface area contributed by atoms with Crippen molar-refractivity contribution in [2.24, 2.45) is 0 Å². The number of ether oxygens (including phenoxy) is 2. The Balaban J connectivity index is 1.86. The molecular weight excluding hydrogens is 398 g/mol. The van der Waals surface area contributed by atoms with Crippen LogP contribution in [0.15, 0.2) is 53.7 Å². The Morgan fingerprint density at radius 2 is 2.00 bits per heavy atom. The predicted molar refractivity (Wildman–Crippen MR) is 109 cm³/mol. The van der Waals surface area contributed by atoms with E-state index in [4.69, 9.17) is 21.1 Å². The summed E-state index contributed by atoms with van der Waals surface area (Å²) in [6.45, 7) is 4.33. The molecule has 0 N–H and O–H groups in total. The maximum absolute atomic E-state index is 11.7. The SMILES string of the molecule is CCOC(=O)CSc1nnc(COc2ccccc2C)n1-c1cccc(Cl)c1. The highest BCUT2D eigenvalue weighted by Gasteiger charge is 2.17. The van der Waals surface area contributed by atoms with Crippen molar-refractivity contribution in [2.45, 2.75) is 25.6 Å². The summed E-state index contributed by atoms with van der Waals surface area (Å²) in [5.74, 6) is 1.23. The zero-order valence-electron chi connectivity index (χ0n) is 15.6. The quantitative estimate of drug-likeness (QED) is 0.398. The van der Waals surface area contributed by atoms with Crippen molar-refractivity contribution in [1.82, 2.24) is 14.8 Å². The maximum atomic E-state index is 11.7. The Hall–Kier alpha value is -2.51. The number of carbonyl (C=O) groups is 1. The number of aromatic nitrogens is 3. The lowest BCUT2D eigenvalue weighted by atomic mass is 10.2. The Morgan fingerprint density at radius 1 is 1.18 bits per heavy atom. The second-order valence-electron chi connectivity index (χ2n) is 5.86. The molecule has 2 aromatic carbocycles. The van der Waals surface area contributed by atoms with E-state index < -0.39 is 0 Å². The summed E-state index contributed by atoms with van der Waals surface area (Å²) in [5.41, 5.74) is 1.83. The summed E-state index contributed by atoms with van der Waals surface area (Å²) in [6.07, 6.45) is 0. The van der Waals surface area contributed by atoms with E-state index in [0.29, 0.717) is 22.6 Å². The van der Waals surface area contributed by atoms with Crippen LogP contribution in [0.3, 0.4) is 0 Å². The van der Waals surface area contributed by atoms with Crippen LogP contribution in [0, 0.1) is 6.92 Å². The summed E-state index contributed by atoms with van der Waals surface area (Å²) in [4.78, 5) is 11.7. The molecule has 1 heterocycles. The van der Waals surface area contributed by atoms with E-state index in [1.165, 1.54) is 11.8 Å². The Bertz CT molecular complexity index is 961. The van der Waals surface area contributed by atoms with Gasteiger partial charge < -0.3 is 9.47 Å². The van der Waals surface area contributed by atoms with Gasteiger partial charge in [-0.25, -0.2) is 0 Å². The third-order valence-corrected chi connectivity index (χ3v) is 4.98. The molecule has 1 aromatic heterocycles. The first-order chi connectivity index (χ1) is 13.6. The molecule has 0 amide bonds. The third-order valence-electron chi connectivity index (χ3n) is 3.84. The van der Waals surface area contributed by atoms with Crippen LogP contribution in [0.1, 0.15) is 18.3 Å². The molecule has 6 nitrogen and oxygen atoms in total. The first-order valence-electron chi connectivity index (χ1n) is 8.75. The van der Waals surface area contributed by atoms with E-state index in [1.807, 2.05) is 54.0 Å². The lowest BCUT2D eigenvalue weighted by Crippen LogP contribution is -2.09. The van der Waals surface area contributed by atoms with Crippen molar-refractivity contribution in [3.8, 4) is 11.4 Å². The number of para-hydroxylation sites is 1. The lowest BCUT2D eigenvalue weighted by Gasteiger charge is -2.12. The van der Waals surface area contributed by atoms with Crippen molar-refractivity contribution in [2.75, 3.05) is 12.4 Å². The number of hydrogen-bond acceptors (Lipinski definition) is 6. The number of rotatable bonds is 8. The first kappa shape index (κ1) is 20.2. The van der Waals surface area contributed by atoms with Crippen molar-refractivity contribution < 1.29 is 14.3 Å². The normalized spacial score (nSPS) is 10.7. The van der Waals surface area contributed by atoms with E-state index in [-0.39, 0.29) is 18.3 Å². The minimum absolute atomic E-state index is 0.144. The van der Waals surface area contributed by atoms with Gasteiger partial charge in [0, 0.05) is 5.02 Å². The van der Waals surface area contributed by atoms with Crippen LogP contribution in [-0.4, -0.2) is 33.1 Å². The number of benzene rings is 2.